The minimum Gasteiger partial charge on any atom is -0.485 e. The van der Waals surface area contributed by atoms with E-state index in [1.54, 1.807) is 12.1 Å². The fourth-order valence-corrected chi connectivity index (χ4v) is 3.41. The van der Waals surface area contributed by atoms with Gasteiger partial charge in [-0.25, -0.2) is 0 Å². The van der Waals surface area contributed by atoms with Crippen LogP contribution in [-0.4, -0.2) is 5.78 Å². The van der Waals surface area contributed by atoms with Crippen LogP contribution < -0.4 is 14.2 Å². The third kappa shape index (κ3) is 6.01. The van der Waals surface area contributed by atoms with Gasteiger partial charge in [-0.15, -0.1) is 0 Å². The van der Waals surface area contributed by atoms with Crippen molar-refractivity contribution in [1.29, 1.82) is 0 Å². The topological polar surface area (TPSA) is 44.8 Å². The van der Waals surface area contributed by atoms with Gasteiger partial charge in [0, 0.05) is 0 Å². The molecule has 4 rings (SSSR count). The first-order chi connectivity index (χ1) is 16.2. The summed E-state index contributed by atoms with van der Waals surface area (Å²) < 4.78 is 18.5. The fraction of sp³-hybridized carbons (Fsp3) is 0.138. The highest BCUT2D eigenvalue weighted by molar-refractivity contribution is 5.98. The van der Waals surface area contributed by atoms with E-state index >= 15 is 0 Å². The minimum absolute atomic E-state index is 0.0998. The van der Waals surface area contributed by atoms with Gasteiger partial charge in [-0.2, -0.15) is 0 Å². The maximum Gasteiger partial charge on any atom is 0.204 e. The molecule has 0 bridgehead atoms. The fourth-order valence-electron chi connectivity index (χ4n) is 3.41. The van der Waals surface area contributed by atoms with Crippen LogP contribution in [0.5, 0.6) is 17.2 Å². The van der Waals surface area contributed by atoms with Gasteiger partial charge in [0.1, 0.15) is 19.8 Å². The quantitative estimate of drug-likeness (QED) is 0.261. The molecule has 4 heteroatoms. The molecule has 0 unspecified atom stereocenters. The van der Waals surface area contributed by atoms with E-state index in [-0.39, 0.29) is 5.78 Å². The normalized spacial score (nSPS) is 10.5. The number of carbonyl (C=O) groups excluding carboxylic acids is 1. The Labute approximate surface area is 194 Å². The highest BCUT2D eigenvalue weighted by Gasteiger charge is 2.21. The van der Waals surface area contributed by atoms with Crippen LogP contribution in [0, 0.1) is 0 Å². The smallest absolute Gasteiger partial charge is 0.204 e. The second-order valence-electron chi connectivity index (χ2n) is 7.65. The first kappa shape index (κ1) is 22.2. The van der Waals surface area contributed by atoms with Crippen LogP contribution in [0.1, 0.15) is 34.0 Å². The molecule has 0 aliphatic rings. The number of ether oxygens (including phenoxy) is 3. The van der Waals surface area contributed by atoms with Crippen LogP contribution in [-0.2, 0) is 19.8 Å². The summed E-state index contributed by atoms with van der Waals surface area (Å²) in [5, 5.41) is 0. The Morgan fingerprint density at radius 3 is 1.42 bits per heavy atom. The van der Waals surface area contributed by atoms with Crippen molar-refractivity contribution >= 4 is 5.78 Å². The average Bonchev–Trinajstić information content (AvgIpc) is 2.86. The molecule has 4 aromatic rings. The summed E-state index contributed by atoms with van der Waals surface area (Å²) in [6.07, 6.45) is 0. The number of benzene rings is 4. The molecule has 33 heavy (non-hydrogen) atoms. The average molecular weight is 439 g/mol. The molecule has 0 aliphatic carbocycles. The van der Waals surface area contributed by atoms with E-state index in [0.717, 1.165) is 16.7 Å². The van der Waals surface area contributed by atoms with Crippen LogP contribution >= 0.6 is 0 Å². The summed E-state index contributed by atoms with van der Waals surface area (Å²) in [6.45, 7) is 2.53. The van der Waals surface area contributed by atoms with E-state index in [2.05, 4.69) is 0 Å². The standard InChI is InChI=1S/C29H26O4/c1-22(30)26-17-18-27(31-19-23-11-5-2-6-12-23)29(33-21-25-15-9-4-10-16-25)28(26)32-20-24-13-7-3-8-14-24/h2-18H,19-21H2,1H3. The third-order valence-corrected chi connectivity index (χ3v) is 5.14. The molecular weight excluding hydrogens is 412 g/mol. The molecule has 4 nitrogen and oxygen atoms in total. The van der Waals surface area contributed by atoms with Crippen molar-refractivity contribution in [3.05, 3.63) is 125 Å². The molecule has 166 valence electrons. The molecule has 0 N–H and O–H groups in total. The Balaban J connectivity index is 1.66. The van der Waals surface area contributed by atoms with E-state index in [1.165, 1.54) is 6.92 Å². The van der Waals surface area contributed by atoms with Crippen LogP contribution in [0.4, 0.5) is 0 Å². The first-order valence-electron chi connectivity index (χ1n) is 10.9. The zero-order valence-electron chi connectivity index (χ0n) is 18.6. The van der Waals surface area contributed by atoms with Gasteiger partial charge in [0.2, 0.25) is 5.75 Å². The van der Waals surface area contributed by atoms with E-state index in [0.29, 0.717) is 42.6 Å². The molecule has 4 aromatic carbocycles. The SMILES string of the molecule is CC(=O)c1ccc(OCc2ccccc2)c(OCc2ccccc2)c1OCc1ccccc1. The lowest BCUT2D eigenvalue weighted by Gasteiger charge is -2.19. The van der Waals surface area contributed by atoms with Gasteiger partial charge in [-0.3, -0.25) is 4.79 Å². The summed E-state index contributed by atoms with van der Waals surface area (Å²) in [6, 6.07) is 33.1. The lowest BCUT2D eigenvalue weighted by atomic mass is 10.1. The van der Waals surface area contributed by atoms with Crippen LogP contribution in [0.3, 0.4) is 0 Å². The van der Waals surface area contributed by atoms with E-state index < -0.39 is 0 Å². The minimum atomic E-state index is -0.0998. The van der Waals surface area contributed by atoms with Gasteiger partial charge in [-0.05, 0) is 35.7 Å². The maximum absolute atomic E-state index is 12.4. The van der Waals surface area contributed by atoms with Gasteiger partial charge < -0.3 is 14.2 Å². The molecule has 0 aliphatic heterocycles. The second-order valence-corrected chi connectivity index (χ2v) is 7.65. The number of carbonyl (C=O) groups is 1. The Bertz CT molecular complexity index is 1170. The number of hydrogen-bond acceptors (Lipinski definition) is 4. The molecule has 0 saturated carbocycles. The van der Waals surface area contributed by atoms with E-state index in [4.69, 9.17) is 14.2 Å². The number of rotatable bonds is 10. The zero-order chi connectivity index (χ0) is 22.9. The highest BCUT2D eigenvalue weighted by atomic mass is 16.5. The molecule has 0 heterocycles. The van der Waals surface area contributed by atoms with Crippen molar-refractivity contribution < 1.29 is 19.0 Å². The number of ketones is 1. The third-order valence-electron chi connectivity index (χ3n) is 5.14. The monoisotopic (exact) mass is 438 g/mol. The zero-order valence-corrected chi connectivity index (χ0v) is 18.6. The largest absolute Gasteiger partial charge is 0.485 e. The van der Waals surface area contributed by atoms with E-state index in [1.807, 2.05) is 91.0 Å². The molecule has 0 radical (unpaired) electrons. The highest BCUT2D eigenvalue weighted by Crippen LogP contribution is 2.42. The number of Topliss-reactive ketones (excluding diaryl/α,β-unsaturated/α-hetero) is 1. The lowest BCUT2D eigenvalue weighted by molar-refractivity contribution is 0.101. The van der Waals surface area contributed by atoms with Gasteiger partial charge in [-0.1, -0.05) is 91.0 Å². The summed E-state index contributed by atoms with van der Waals surface area (Å²) in [4.78, 5) is 12.4. The van der Waals surface area contributed by atoms with Crippen molar-refractivity contribution in [2.45, 2.75) is 26.7 Å². The Kier molecular flexibility index (Phi) is 7.39. The molecule has 0 spiro atoms. The summed E-state index contributed by atoms with van der Waals surface area (Å²) >= 11 is 0. The number of hydrogen-bond donors (Lipinski definition) is 0. The van der Waals surface area contributed by atoms with Crippen molar-refractivity contribution in [2.24, 2.45) is 0 Å². The van der Waals surface area contributed by atoms with Crippen LogP contribution in [0.15, 0.2) is 103 Å². The summed E-state index contributed by atoms with van der Waals surface area (Å²) in [5.41, 5.74) is 3.50. The van der Waals surface area contributed by atoms with Gasteiger partial charge >= 0.3 is 0 Å². The van der Waals surface area contributed by atoms with Crippen molar-refractivity contribution in [3.8, 4) is 17.2 Å². The van der Waals surface area contributed by atoms with Crippen molar-refractivity contribution in [1.82, 2.24) is 0 Å². The van der Waals surface area contributed by atoms with Crippen molar-refractivity contribution in [3.63, 3.8) is 0 Å². The predicted octanol–water partition coefficient (Wildman–Crippen LogP) is 6.63. The Morgan fingerprint density at radius 2 is 0.970 bits per heavy atom. The molecule has 0 fully saturated rings. The van der Waals surface area contributed by atoms with E-state index in [9.17, 15) is 4.79 Å². The lowest BCUT2D eigenvalue weighted by Crippen LogP contribution is -2.07. The molecule has 0 amide bonds. The predicted molar refractivity (Wildman–Crippen MR) is 129 cm³/mol. The molecule has 0 atom stereocenters. The first-order valence-corrected chi connectivity index (χ1v) is 10.9. The van der Waals surface area contributed by atoms with Crippen LogP contribution in [0.2, 0.25) is 0 Å². The van der Waals surface area contributed by atoms with Crippen LogP contribution in [0.25, 0.3) is 0 Å². The Morgan fingerprint density at radius 1 is 0.545 bits per heavy atom. The maximum atomic E-state index is 12.4. The molecule has 0 saturated heterocycles. The summed E-state index contributed by atoms with van der Waals surface area (Å²) in [5.74, 6) is 1.26. The summed E-state index contributed by atoms with van der Waals surface area (Å²) in [7, 11) is 0. The Hall–Kier alpha value is -4.05. The van der Waals surface area contributed by atoms with Gasteiger partial charge in [0.15, 0.2) is 17.3 Å². The van der Waals surface area contributed by atoms with Gasteiger partial charge in [0.05, 0.1) is 5.56 Å². The second kappa shape index (κ2) is 11.0. The molecule has 0 aromatic heterocycles. The molecular formula is C29H26O4. The van der Waals surface area contributed by atoms with Crippen molar-refractivity contribution in [2.75, 3.05) is 0 Å². The van der Waals surface area contributed by atoms with Gasteiger partial charge in [0.25, 0.3) is 0 Å².